The van der Waals surface area contributed by atoms with Crippen molar-refractivity contribution in [3.63, 3.8) is 0 Å². The molecule has 0 atom stereocenters. The number of hydrogen-bond acceptors (Lipinski definition) is 2. The lowest BCUT2D eigenvalue weighted by molar-refractivity contribution is -0.142. The second kappa shape index (κ2) is 5.17. The van der Waals surface area contributed by atoms with Crippen LogP contribution < -0.4 is 5.32 Å². The van der Waals surface area contributed by atoms with Gasteiger partial charge in [-0.2, -0.15) is 0 Å². The van der Waals surface area contributed by atoms with Gasteiger partial charge in [-0.3, -0.25) is 4.79 Å². The standard InChI is InChI=1S/C13H16FNO2/c14-10-3-7-12(8-4-10)15-11-5-1-9(2-6-11)13(16)17/h3-4,7-9,11,15H,1-2,5-6H2,(H,16,17)/t9-,11-. The lowest BCUT2D eigenvalue weighted by Crippen LogP contribution is -2.29. The quantitative estimate of drug-likeness (QED) is 0.849. The van der Waals surface area contributed by atoms with Gasteiger partial charge >= 0.3 is 5.97 Å². The Balaban J connectivity index is 1.85. The van der Waals surface area contributed by atoms with E-state index in [4.69, 9.17) is 5.11 Å². The van der Waals surface area contributed by atoms with Gasteiger partial charge in [-0.15, -0.1) is 0 Å². The van der Waals surface area contributed by atoms with Gasteiger partial charge in [-0.25, -0.2) is 4.39 Å². The molecule has 0 saturated heterocycles. The Kier molecular flexibility index (Phi) is 3.61. The molecule has 0 amide bonds. The number of nitrogens with one attached hydrogen (secondary N) is 1. The monoisotopic (exact) mass is 237 g/mol. The fourth-order valence-electron chi connectivity index (χ4n) is 2.27. The van der Waals surface area contributed by atoms with Crippen molar-refractivity contribution in [1.82, 2.24) is 0 Å². The Morgan fingerprint density at radius 2 is 1.76 bits per heavy atom. The molecule has 1 aromatic carbocycles. The number of benzene rings is 1. The highest BCUT2D eigenvalue weighted by atomic mass is 19.1. The summed E-state index contributed by atoms with van der Waals surface area (Å²) in [4.78, 5) is 10.8. The minimum absolute atomic E-state index is 0.193. The third-order valence-corrected chi connectivity index (χ3v) is 3.29. The van der Waals surface area contributed by atoms with Crippen molar-refractivity contribution in [2.24, 2.45) is 5.92 Å². The number of aliphatic carboxylic acids is 1. The maximum atomic E-state index is 12.7. The molecular weight excluding hydrogens is 221 g/mol. The highest BCUT2D eigenvalue weighted by Crippen LogP contribution is 2.26. The number of halogens is 1. The van der Waals surface area contributed by atoms with Crippen molar-refractivity contribution in [2.45, 2.75) is 31.7 Å². The summed E-state index contributed by atoms with van der Waals surface area (Å²) in [6.07, 6.45) is 3.14. The first-order chi connectivity index (χ1) is 8.15. The minimum Gasteiger partial charge on any atom is -0.481 e. The summed E-state index contributed by atoms with van der Waals surface area (Å²) in [5, 5.41) is 12.2. The van der Waals surface area contributed by atoms with Crippen molar-refractivity contribution in [2.75, 3.05) is 5.32 Å². The van der Waals surface area contributed by atoms with Crippen molar-refractivity contribution in [3.05, 3.63) is 30.1 Å². The first-order valence-corrected chi connectivity index (χ1v) is 5.90. The molecule has 0 spiro atoms. The summed E-state index contributed by atoms with van der Waals surface area (Å²) in [5.74, 6) is -1.13. The van der Waals surface area contributed by atoms with Crippen LogP contribution in [-0.4, -0.2) is 17.1 Å². The molecule has 92 valence electrons. The van der Waals surface area contributed by atoms with Gasteiger partial charge in [0, 0.05) is 11.7 Å². The van der Waals surface area contributed by atoms with Crippen LogP contribution in [0.25, 0.3) is 0 Å². The van der Waals surface area contributed by atoms with Crippen LogP contribution in [0.15, 0.2) is 24.3 Å². The lowest BCUT2D eigenvalue weighted by Gasteiger charge is -2.27. The van der Waals surface area contributed by atoms with Gasteiger partial charge in [0.15, 0.2) is 0 Å². The molecule has 0 bridgehead atoms. The fourth-order valence-corrected chi connectivity index (χ4v) is 2.27. The van der Waals surface area contributed by atoms with Crippen molar-refractivity contribution >= 4 is 11.7 Å². The topological polar surface area (TPSA) is 49.3 Å². The maximum absolute atomic E-state index is 12.7. The predicted molar refractivity (Wildman–Crippen MR) is 63.4 cm³/mol. The van der Waals surface area contributed by atoms with Crippen LogP contribution >= 0.6 is 0 Å². The smallest absolute Gasteiger partial charge is 0.306 e. The molecule has 0 radical (unpaired) electrons. The number of carbonyl (C=O) groups is 1. The molecule has 4 heteroatoms. The second-order valence-electron chi connectivity index (χ2n) is 4.54. The molecule has 2 N–H and O–H groups in total. The van der Waals surface area contributed by atoms with Crippen molar-refractivity contribution < 1.29 is 14.3 Å². The fraction of sp³-hybridized carbons (Fsp3) is 0.462. The number of anilines is 1. The van der Waals surface area contributed by atoms with Crippen LogP contribution in [0.4, 0.5) is 10.1 Å². The first-order valence-electron chi connectivity index (χ1n) is 5.90. The third-order valence-electron chi connectivity index (χ3n) is 3.29. The maximum Gasteiger partial charge on any atom is 0.306 e. The molecule has 0 unspecified atom stereocenters. The number of carboxylic acid groups (broad SMARTS) is 1. The van der Waals surface area contributed by atoms with E-state index >= 15 is 0 Å². The molecule has 17 heavy (non-hydrogen) atoms. The van der Waals surface area contributed by atoms with E-state index in [0.717, 1.165) is 18.5 Å². The van der Waals surface area contributed by atoms with Gasteiger partial charge in [0.1, 0.15) is 5.82 Å². The summed E-state index contributed by atoms with van der Waals surface area (Å²) < 4.78 is 12.7. The van der Waals surface area contributed by atoms with E-state index in [-0.39, 0.29) is 11.7 Å². The Labute approximate surface area is 99.7 Å². The molecule has 1 aliphatic carbocycles. The average Bonchev–Trinajstić information content (AvgIpc) is 2.33. The molecule has 0 heterocycles. The number of carboxylic acids is 1. The van der Waals surface area contributed by atoms with E-state index in [0.29, 0.717) is 18.9 Å². The number of rotatable bonds is 3. The van der Waals surface area contributed by atoms with Crippen LogP contribution in [0, 0.1) is 11.7 Å². The SMILES string of the molecule is O=C(O)[C@H]1CC[C@H](Nc2ccc(F)cc2)CC1. The lowest BCUT2D eigenvalue weighted by atomic mass is 9.86. The summed E-state index contributed by atoms with van der Waals surface area (Å²) in [7, 11) is 0. The second-order valence-corrected chi connectivity index (χ2v) is 4.54. The van der Waals surface area contributed by atoms with E-state index in [1.54, 1.807) is 12.1 Å². The molecular formula is C13H16FNO2. The highest BCUT2D eigenvalue weighted by Gasteiger charge is 2.25. The molecule has 1 saturated carbocycles. The van der Waals surface area contributed by atoms with Gasteiger partial charge in [0.25, 0.3) is 0 Å². The number of hydrogen-bond donors (Lipinski definition) is 2. The van der Waals surface area contributed by atoms with E-state index in [1.807, 2.05) is 0 Å². The van der Waals surface area contributed by atoms with Crippen molar-refractivity contribution in [3.8, 4) is 0 Å². The molecule has 3 nitrogen and oxygen atoms in total. The van der Waals surface area contributed by atoms with E-state index in [1.165, 1.54) is 12.1 Å². The predicted octanol–water partition coefficient (Wildman–Crippen LogP) is 2.88. The Hall–Kier alpha value is -1.58. The van der Waals surface area contributed by atoms with Crippen molar-refractivity contribution in [1.29, 1.82) is 0 Å². The van der Waals surface area contributed by atoms with E-state index in [9.17, 15) is 9.18 Å². The Morgan fingerprint density at radius 3 is 2.29 bits per heavy atom. The normalized spacial score (nSPS) is 24.3. The van der Waals surface area contributed by atoms with Crippen LogP contribution in [0.2, 0.25) is 0 Å². The zero-order valence-electron chi connectivity index (χ0n) is 9.53. The molecule has 2 rings (SSSR count). The Morgan fingerprint density at radius 1 is 1.18 bits per heavy atom. The van der Waals surface area contributed by atoms with Crippen LogP contribution in [-0.2, 0) is 4.79 Å². The van der Waals surface area contributed by atoms with Crippen LogP contribution in [0.3, 0.4) is 0 Å². The third kappa shape index (κ3) is 3.19. The van der Waals surface area contributed by atoms with Gasteiger partial charge in [-0.1, -0.05) is 0 Å². The molecule has 1 aromatic rings. The summed E-state index contributed by atoms with van der Waals surface area (Å²) in [6, 6.07) is 6.56. The highest BCUT2D eigenvalue weighted by molar-refractivity contribution is 5.70. The van der Waals surface area contributed by atoms with Gasteiger partial charge in [0.05, 0.1) is 5.92 Å². The molecule has 1 fully saturated rings. The summed E-state index contributed by atoms with van der Waals surface area (Å²) in [6.45, 7) is 0. The minimum atomic E-state index is -0.690. The van der Waals surface area contributed by atoms with Gasteiger partial charge in [-0.05, 0) is 49.9 Å². The van der Waals surface area contributed by atoms with Crippen LogP contribution in [0.1, 0.15) is 25.7 Å². The first kappa shape index (κ1) is 11.9. The van der Waals surface area contributed by atoms with Gasteiger partial charge in [0.2, 0.25) is 0 Å². The summed E-state index contributed by atoms with van der Waals surface area (Å²) >= 11 is 0. The summed E-state index contributed by atoms with van der Waals surface area (Å²) in [5.41, 5.74) is 0.894. The largest absolute Gasteiger partial charge is 0.481 e. The molecule has 0 aliphatic heterocycles. The zero-order valence-corrected chi connectivity index (χ0v) is 9.53. The van der Waals surface area contributed by atoms with E-state index in [2.05, 4.69) is 5.32 Å². The van der Waals surface area contributed by atoms with Crippen LogP contribution in [0.5, 0.6) is 0 Å². The molecule has 0 aromatic heterocycles. The zero-order chi connectivity index (χ0) is 12.3. The van der Waals surface area contributed by atoms with E-state index < -0.39 is 5.97 Å². The average molecular weight is 237 g/mol. The van der Waals surface area contributed by atoms with Gasteiger partial charge < -0.3 is 10.4 Å². The Bertz CT molecular complexity index is 383. The molecule has 1 aliphatic rings.